The summed E-state index contributed by atoms with van der Waals surface area (Å²) in [6.45, 7) is -0.0908. The van der Waals surface area contributed by atoms with E-state index in [4.69, 9.17) is 16.3 Å². The molecule has 4 aromatic rings. The van der Waals surface area contributed by atoms with E-state index < -0.39 is 11.9 Å². The Hall–Kier alpha value is -3.22. The molecule has 0 unspecified atom stereocenters. The third-order valence-electron chi connectivity index (χ3n) is 4.79. The molecule has 1 amide bonds. The largest absolute Gasteiger partial charge is 0.452 e. The smallest absolute Gasteiger partial charge is 0.339 e. The predicted molar refractivity (Wildman–Crippen MR) is 128 cm³/mol. The SMILES string of the molecule is O=C(COC(=O)c1cc(-c2ccc(Br)cc2)nc2ccccc12)NCc1cccc(Cl)c1. The monoisotopic (exact) mass is 508 g/mol. The second-order valence-corrected chi connectivity index (χ2v) is 8.41. The van der Waals surface area contributed by atoms with Crippen LogP contribution in [-0.4, -0.2) is 23.5 Å². The molecule has 0 bridgehead atoms. The highest BCUT2D eigenvalue weighted by Crippen LogP contribution is 2.26. The Morgan fingerprint density at radius 1 is 0.969 bits per heavy atom. The molecule has 0 saturated carbocycles. The van der Waals surface area contributed by atoms with Crippen LogP contribution in [0.3, 0.4) is 0 Å². The maximum Gasteiger partial charge on any atom is 0.339 e. The molecule has 0 spiro atoms. The molecule has 0 fully saturated rings. The lowest BCUT2D eigenvalue weighted by Gasteiger charge is -2.11. The van der Waals surface area contributed by atoms with Crippen LogP contribution < -0.4 is 5.32 Å². The summed E-state index contributed by atoms with van der Waals surface area (Å²) in [5.41, 5.74) is 3.40. The van der Waals surface area contributed by atoms with Gasteiger partial charge in [-0.15, -0.1) is 0 Å². The van der Waals surface area contributed by atoms with E-state index in [0.29, 0.717) is 33.7 Å². The zero-order chi connectivity index (χ0) is 22.5. The molecule has 0 atom stereocenters. The third-order valence-corrected chi connectivity index (χ3v) is 5.55. The van der Waals surface area contributed by atoms with Crippen LogP contribution in [0.5, 0.6) is 0 Å². The van der Waals surface area contributed by atoms with Crippen molar-refractivity contribution in [2.24, 2.45) is 0 Å². The van der Waals surface area contributed by atoms with Crippen molar-refractivity contribution in [3.8, 4) is 11.3 Å². The first-order valence-corrected chi connectivity index (χ1v) is 11.0. The summed E-state index contributed by atoms with van der Waals surface area (Å²) >= 11 is 9.38. The van der Waals surface area contributed by atoms with Crippen LogP contribution in [0.25, 0.3) is 22.2 Å². The number of rotatable bonds is 6. The van der Waals surface area contributed by atoms with Crippen LogP contribution in [0, 0.1) is 0 Å². The van der Waals surface area contributed by atoms with E-state index in [2.05, 4.69) is 26.2 Å². The van der Waals surface area contributed by atoms with Gasteiger partial charge in [-0.2, -0.15) is 0 Å². The third kappa shape index (κ3) is 5.33. The predicted octanol–water partition coefficient (Wildman–Crippen LogP) is 5.79. The molecule has 1 N–H and O–H groups in total. The Kier molecular flexibility index (Phi) is 6.83. The number of para-hydroxylation sites is 1. The van der Waals surface area contributed by atoms with Crippen molar-refractivity contribution in [2.75, 3.05) is 6.61 Å². The van der Waals surface area contributed by atoms with Crippen molar-refractivity contribution in [2.45, 2.75) is 6.54 Å². The number of nitrogens with zero attached hydrogens (tertiary/aromatic N) is 1. The van der Waals surface area contributed by atoms with Crippen molar-refractivity contribution >= 4 is 50.3 Å². The van der Waals surface area contributed by atoms with Gasteiger partial charge in [0.2, 0.25) is 0 Å². The second kappa shape index (κ2) is 9.94. The first-order chi connectivity index (χ1) is 15.5. The molecule has 0 aliphatic rings. The molecular weight excluding hydrogens is 492 g/mol. The van der Waals surface area contributed by atoms with Gasteiger partial charge in [-0.3, -0.25) is 4.79 Å². The molecule has 4 rings (SSSR count). The molecular formula is C25H18BrClN2O3. The molecule has 0 aliphatic carbocycles. The van der Waals surface area contributed by atoms with Gasteiger partial charge in [-0.05, 0) is 42.0 Å². The fourth-order valence-electron chi connectivity index (χ4n) is 3.22. The first kappa shape index (κ1) is 22.0. The minimum Gasteiger partial charge on any atom is -0.452 e. The number of hydrogen-bond acceptors (Lipinski definition) is 4. The van der Waals surface area contributed by atoms with Crippen molar-refractivity contribution < 1.29 is 14.3 Å². The van der Waals surface area contributed by atoms with Gasteiger partial charge in [0.25, 0.3) is 5.91 Å². The van der Waals surface area contributed by atoms with Gasteiger partial charge >= 0.3 is 5.97 Å². The number of esters is 1. The van der Waals surface area contributed by atoms with E-state index in [-0.39, 0.29) is 6.61 Å². The quantitative estimate of drug-likeness (QED) is 0.334. The average Bonchev–Trinajstić information content (AvgIpc) is 2.81. The number of ether oxygens (including phenoxy) is 1. The average molecular weight is 510 g/mol. The van der Waals surface area contributed by atoms with Gasteiger partial charge in [0.05, 0.1) is 16.8 Å². The van der Waals surface area contributed by atoms with Crippen molar-refractivity contribution in [3.05, 3.63) is 99.5 Å². The van der Waals surface area contributed by atoms with Gasteiger partial charge in [0.1, 0.15) is 0 Å². The van der Waals surface area contributed by atoms with E-state index in [9.17, 15) is 9.59 Å². The Balaban J connectivity index is 1.50. The first-order valence-electron chi connectivity index (χ1n) is 9.83. The maximum atomic E-state index is 12.9. The Bertz CT molecular complexity index is 1290. The molecule has 32 heavy (non-hydrogen) atoms. The van der Waals surface area contributed by atoms with Gasteiger partial charge in [-0.25, -0.2) is 9.78 Å². The highest BCUT2D eigenvalue weighted by Gasteiger charge is 2.16. The number of carbonyl (C=O) groups excluding carboxylic acids is 2. The van der Waals surface area contributed by atoms with Crippen molar-refractivity contribution in [1.29, 1.82) is 0 Å². The second-order valence-electron chi connectivity index (χ2n) is 7.06. The zero-order valence-electron chi connectivity index (χ0n) is 16.8. The van der Waals surface area contributed by atoms with Gasteiger partial charge in [-0.1, -0.05) is 70.0 Å². The van der Waals surface area contributed by atoms with Crippen LogP contribution in [-0.2, 0) is 16.1 Å². The maximum absolute atomic E-state index is 12.9. The van der Waals surface area contributed by atoms with Crippen LogP contribution in [0.2, 0.25) is 5.02 Å². The summed E-state index contributed by atoms with van der Waals surface area (Å²) in [5.74, 6) is -0.982. The van der Waals surface area contributed by atoms with E-state index in [0.717, 1.165) is 15.6 Å². The fraction of sp³-hybridized carbons (Fsp3) is 0.0800. The number of benzene rings is 3. The summed E-state index contributed by atoms with van der Waals surface area (Å²) < 4.78 is 6.26. The minimum atomic E-state index is -0.583. The number of nitrogens with one attached hydrogen (secondary N) is 1. The number of aromatic nitrogens is 1. The number of carbonyl (C=O) groups is 2. The van der Waals surface area contributed by atoms with E-state index in [1.165, 1.54) is 0 Å². The van der Waals surface area contributed by atoms with E-state index >= 15 is 0 Å². The van der Waals surface area contributed by atoms with Crippen molar-refractivity contribution in [3.63, 3.8) is 0 Å². The summed E-state index contributed by atoms with van der Waals surface area (Å²) in [6, 6.07) is 23.9. The standard InChI is InChI=1S/C25H18BrClN2O3/c26-18-10-8-17(9-11-18)23-13-21(20-6-1-2-7-22(20)29-23)25(31)32-15-24(30)28-14-16-4-3-5-19(27)12-16/h1-13H,14-15H2,(H,28,30). The van der Waals surface area contributed by atoms with Crippen molar-refractivity contribution in [1.82, 2.24) is 10.3 Å². The Morgan fingerprint density at radius 3 is 2.53 bits per heavy atom. The van der Waals surface area contributed by atoms with Gasteiger partial charge < -0.3 is 10.1 Å². The van der Waals surface area contributed by atoms with Gasteiger partial charge in [0.15, 0.2) is 6.61 Å². The van der Waals surface area contributed by atoms with E-state index in [1.807, 2.05) is 54.6 Å². The highest BCUT2D eigenvalue weighted by molar-refractivity contribution is 9.10. The molecule has 5 nitrogen and oxygen atoms in total. The fourth-order valence-corrected chi connectivity index (χ4v) is 3.70. The van der Waals surface area contributed by atoms with Crippen LogP contribution in [0.15, 0.2) is 83.3 Å². The van der Waals surface area contributed by atoms with Crippen LogP contribution >= 0.6 is 27.5 Å². The molecule has 160 valence electrons. The Labute approximate surface area is 198 Å². The number of halogens is 2. The molecule has 0 aliphatic heterocycles. The minimum absolute atomic E-state index is 0.294. The molecule has 3 aromatic carbocycles. The summed E-state index contributed by atoms with van der Waals surface area (Å²) in [4.78, 5) is 29.7. The summed E-state index contributed by atoms with van der Waals surface area (Å²) in [6.07, 6.45) is 0. The molecule has 1 heterocycles. The zero-order valence-corrected chi connectivity index (χ0v) is 19.2. The molecule has 0 saturated heterocycles. The lowest BCUT2D eigenvalue weighted by molar-refractivity contribution is -0.124. The van der Waals surface area contributed by atoms with Gasteiger partial charge in [0, 0.05) is 27.0 Å². The number of pyridine rings is 1. The highest BCUT2D eigenvalue weighted by atomic mass is 79.9. The summed E-state index contributed by atoms with van der Waals surface area (Å²) in [5, 5.41) is 3.98. The van der Waals surface area contributed by atoms with Crippen LogP contribution in [0.4, 0.5) is 0 Å². The Morgan fingerprint density at radius 2 is 1.75 bits per heavy atom. The molecule has 1 aromatic heterocycles. The molecule has 7 heteroatoms. The summed E-state index contributed by atoms with van der Waals surface area (Å²) in [7, 11) is 0. The van der Waals surface area contributed by atoms with Crippen LogP contribution in [0.1, 0.15) is 15.9 Å². The number of amides is 1. The van der Waals surface area contributed by atoms with E-state index in [1.54, 1.807) is 24.3 Å². The number of fused-ring (bicyclic) bond motifs is 1. The normalized spacial score (nSPS) is 10.7. The number of hydrogen-bond donors (Lipinski definition) is 1. The lowest BCUT2D eigenvalue weighted by Crippen LogP contribution is -2.28. The lowest BCUT2D eigenvalue weighted by atomic mass is 10.0. The topological polar surface area (TPSA) is 68.3 Å². The molecule has 0 radical (unpaired) electrons.